The van der Waals surface area contributed by atoms with Crippen molar-refractivity contribution in [3.05, 3.63) is 10.6 Å². The fourth-order valence-electron chi connectivity index (χ4n) is 2.60. The van der Waals surface area contributed by atoms with Gasteiger partial charge in [-0.1, -0.05) is 20.8 Å². The Kier molecular flexibility index (Phi) is 5.22. The molecule has 1 saturated heterocycles. The van der Waals surface area contributed by atoms with Crippen LogP contribution in [0.5, 0.6) is 0 Å². The van der Waals surface area contributed by atoms with E-state index in [0.29, 0.717) is 0 Å². The van der Waals surface area contributed by atoms with Crippen LogP contribution >= 0.6 is 11.3 Å². The Balaban J connectivity index is 1.96. The van der Waals surface area contributed by atoms with Crippen LogP contribution in [0.2, 0.25) is 0 Å². The summed E-state index contributed by atoms with van der Waals surface area (Å²) < 4.78 is 0. The average Bonchev–Trinajstić information content (AvgIpc) is 2.97. The zero-order chi connectivity index (χ0) is 13.8. The summed E-state index contributed by atoms with van der Waals surface area (Å²) in [4.78, 5) is 8.65. The summed E-state index contributed by atoms with van der Waals surface area (Å²) in [6, 6.07) is 0. The number of nitrogens with one attached hydrogen (secondary N) is 1. The standard InChI is InChI=1S/C15H27N3S/c1-5-7-16-9-14-12(4)17-15(19-14)18-8-6-13(10-18)11(2)3/h11,13,16H,5-10H2,1-4H3. The molecule has 1 aliphatic heterocycles. The Morgan fingerprint density at radius 3 is 2.89 bits per heavy atom. The third kappa shape index (κ3) is 3.69. The Bertz CT molecular complexity index is 400. The van der Waals surface area contributed by atoms with E-state index in [1.807, 2.05) is 11.3 Å². The minimum absolute atomic E-state index is 0.789. The number of aryl methyl sites for hydroxylation is 1. The van der Waals surface area contributed by atoms with Crippen LogP contribution < -0.4 is 10.2 Å². The second-order valence-electron chi connectivity index (χ2n) is 5.92. The minimum Gasteiger partial charge on any atom is -0.348 e. The molecule has 1 aromatic rings. The largest absolute Gasteiger partial charge is 0.348 e. The lowest BCUT2D eigenvalue weighted by Gasteiger charge is -2.16. The van der Waals surface area contributed by atoms with Crippen LogP contribution in [0.4, 0.5) is 5.13 Å². The average molecular weight is 281 g/mol. The van der Waals surface area contributed by atoms with Crippen molar-refractivity contribution in [2.75, 3.05) is 24.5 Å². The van der Waals surface area contributed by atoms with E-state index in [1.165, 1.54) is 41.6 Å². The number of rotatable bonds is 6. The molecule has 1 atom stereocenters. The van der Waals surface area contributed by atoms with Gasteiger partial charge in [0.05, 0.1) is 5.69 Å². The van der Waals surface area contributed by atoms with Crippen LogP contribution in [0.1, 0.15) is 44.2 Å². The van der Waals surface area contributed by atoms with Gasteiger partial charge in [-0.15, -0.1) is 11.3 Å². The highest BCUT2D eigenvalue weighted by Crippen LogP contribution is 2.32. The molecule has 1 N–H and O–H groups in total. The number of hydrogen-bond acceptors (Lipinski definition) is 4. The third-order valence-corrected chi connectivity index (χ3v) is 5.25. The first-order valence-corrected chi connectivity index (χ1v) is 8.35. The fourth-order valence-corrected chi connectivity index (χ4v) is 3.66. The molecular weight excluding hydrogens is 254 g/mol. The molecule has 4 heteroatoms. The predicted octanol–water partition coefficient (Wildman–Crippen LogP) is 3.43. The molecule has 1 aliphatic rings. The molecule has 0 aliphatic carbocycles. The molecule has 1 unspecified atom stereocenters. The molecule has 2 rings (SSSR count). The first-order chi connectivity index (χ1) is 9.11. The molecule has 0 radical (unpaired) electrons. The highest BCUT2D eigenvalue weighted by atomic mass is 32.1. The summed E-state index contributed by atoms with van der Waals surface area (Å²) in [6.45, 7) is 13.4. The van der Waals surface area contributed by atoms with Crippen molar-refractivity contribution in [3.63, 3.8) is 0 Å². The number of aromatic nitrogens is 1. The lowest BCUT2D eigenvalue weighted by molar-refractivity contribution is 0.422. The quantitative estimate of drug-likeness (QED) is 0.810. The number of nitrogens with zero attached hydrogens (tertiary/aromatic N) is 2. The first kappa shape index (κ1) is 14.8. The van der Waals surface area contributed by atoms with Gasteiger partial charge in [0.15, 0.2) is 5.13 Å². The summed E-state index contributed by atoms with van der Waals surface area (Å²) in [5, 5.41) is 4.71. The lowest BCUT2D eigenvalue weighted by Crippen LogP contribution is -2.20. The van der Waals surface area contributed by atoms with Gasteiger partial charge in [0.2, 0.25) is 0 Å². The van der Waals surface area contributed by atoms with Gasteiger partial charge in [-0.25, -0.2) is 4.98 Å². The molecule has 19 heavy (non-hydrogen) atoms. The maximum Gasteiger partial charge on any atom is 0.185 e. The minimum atomic E-state index is 0.789. The van der Waals surface area contributed by atoms with Crippen LogP contribution in [0.15, 0.2) is 0 Å². The van der Waals surface area contributed by atoms with Gasteiger partial charge in [0, 0.05) is 24.5 Å². The lowest BCUT2D eigenvalue weighted by atomic mass is 9.95. The van der Waals surface area contributed by atoms with E-state index in [4.69, 9.17) is 4.98 Å². The SMILES string of the molecule is CCCNCc1sc(N2CCC(C(C)C)C2)nc1C. The van der Waals surface area contributed by atoms with Crippen molar-refractivity contribution in [1.29, 1.82) is 0 Å². The summed E-state index contributed by atoms with van der Waals surface area (Å²) in [5.41, 5.74) is 1.21. The molecule has 0 bridgehead atoms. The first-order valence-electron chi connectivity index (χ1n) is 7.53. The molecule has 0 saturated carbocycles. The van der Waals surface area contributed by atoms with E-state index in [1.54, 1.807) is 0 Å². The molecule has 2 heterocycles. The van der Waals surface area contributed by atoms with Crippen molar-refractivity contribution >= 4 is 16.5 Å². The summed E-state index contributed by atoms with van der Waals surface area (Å²) in [7, 11) is 0. The Morgan fingerprint density at radius 1 is 1.47 bits per heavy atom. The molecule has 0 amide bonds. The second kappa shape index (κ2) is 6.71. The molecule has 0 spiro atoms. The molecule has 1 aromatic heterocycles. The van der Waals surface area contributed by atoms with Crippen molar-refractivity contribution in [2.24, 2.45) is 11.8 Å². The maximum absolute atomic E-state index is 4.77. The third-order valence-electron chi connectivity index (χ3n) is 4.03. The van der Waals surface area contributed by atoms with Crippen LogP contribution in [0, 0.1) is 18.8 Å². The normalized spacial score (nSPS) is 19.6. The fraction of sp³-hybridized carbons (Fsp3) is 0.800. The molecule has 0 aromatic carbocycles. The number of thiazole rings is 1. The summed E-state index contributed by atoms with van der Waals surface area (Å²) >= 11 is 1.87. The van der Waals surface area contributed by atoms with E-state index in [-0.39, 0.29) is 0 Å². The van der Waals surface area contributed by atoms with Gasteiger partial charge >= 0.3 is 0 Å². The van der Waals surface area contributed by atoms with Crippen LogP contribution in [-0.2, 0) is 6.54 Å². The van der Waals surface area contributed by atoms with Gasteiger partial charge < -0.3 is 10.2 Å². The Morgan fingerprint density at radius 2 is 2.26 bits per heavy atom. The van der Waals surface area contributed by atoms with Gasteiger partial charge in [-0.05, 0) is 38.1 Å². The number of anilines is 1. The van der Waals surface area contributed by atoms with Crippen LogP contribution in [0.3, 0.4) is 0 Å². The molecule has 3 nitrogen and oxygen atoms in total. The van der Waals surface area contributed by atoms with E-state index in [0.717, 1.165) is 24.9 Å². The monoisotopic (exact) mass is 281 g/mol. The van der Waals surface area contributed by atoms with Crippen molar-refractivity contribution in [2.45, 2.75) is 47.1 Å². The Labute approximate surface area is 121 Å². The van der Waals surface area contributed by atoms with E-state index >= 15 is 0 Å². The summed E-state index contributed by atoms with van der Waals surface area (Å²) in [6.07, 6.45) is 2.51. The molecule has 108 valence electrons. The van der Waals surface area contributed by atoms with Gasteiger partial charge in [0.25, 0.3) is 0 Å². The summed E-state index contributed by atoms with van der Waals surface area (Å²) in [5.74, 6) is 1.63. The Hall–Kier alpha value is -0.610. The predicted molar refractivity (Wildman–Crippen MR) is 84.0 cm³/mol. The zero-order valence-electron chi connectivity index (χ0n) is 12.7. The van der Waals surface area contributed by atoms with E-state index in [9.17, 15) is 0 Å². The molecule has 1 fully saturated rings. The van der Waals surface area contributed by atoms with Crippen molar-refractivity contribution < 1.29 is 0 Å². The molecular formula is C15H27N3S. The van der Waals surface area contributed by atoms with E-state index in [2.05, 4.69) is 37.9 Å². The van der Waals surface area contributed by atoms with Crippen molar-refractivity contribution in [1.82, 2.24) is 10.3 Å². The van der Waals surface area contributed by atoms with Crippen molar-refractivity contribution in [3.8, 4) is 0 Å². The topological polar surface area (TPSA) is 28.2 Å². The highest BCUT2D eigenvalue weighted by Gasteiger charge is 2.27. The smallest absolute Gasteiger partial charge is 0.185 e. The number of hydrogen-bond donors (Lipinski definition) is 1. The van der Waals surface area contributed by atoms with E-state index < -0.39 is 0 Å². The van der Waals surface area contributed by atoms with Gasteiger partial charge in [-0.3, -0.25) is 0 Å². The maximum atomic E-state index is 4.77. The highest BCUT2D eigenvalue weighted by molar-refractivity contribution is 7.15. The second-order valence-corrected chi connectivity index (χ2v) is 6.98. The van der Waals surface area contributed by atoms with Crippen LogP contribution in [-0.4, -0.2) is 24.6 Å². The van der Waals surface area contributed by atoms with Gasteiger partial charge in [-0.2, -0.15) is 0 Å². The van der Waals surface area contributed by atoms with Gasteiger partial charge in [0.1, 0.15) is 0 Å². The van der Waals surface area contributed by atoms with Crippen LogP contribution in [0.25, 0.3) is 0 Å². The zero-order valence-corrected chi connectivity index (χ0v) is 13.5.